The predicted molar refractivity (Wildman–Crippen MR) is 117 cm³/mol. The summed E-state index contributed by atoms with van der Waals surface area (Å²) in [4.78, 5) is 32.2. The molecule has 31 heavy (non-hydrogen) atoms. The number of hydrogen-bond donors (Lipinski definition) is 1. The summed E-state index contributed by atoms with van der Waals surface area (Å²) in [7, 11) is 0. The zero-order valence-electron chi connectivity index (χ0n) is 17.4. The molecule has 2 aliphatic heterocycles. The molecule has 2 fully saturated rings. The van der Waals surface area contributed by atoms with Gasteiger partial charge < -0.3 is 19.9 Å². The number of ether oxygens (including phenoxy) is 1. The third-order valence-corrected chi connectivity index (χ3v) is 5.90. The summed E-state index contributed by atoms with van der Waals surface area (Å²) in [5.41, 5.74) is 1.69. The fraction of sp³-hybridized carbons (Fsp3) is 0.455. The lowest BCUT2D eigenvalue weighted by Gasteiger charge is -2.32. The van der Waals surface area contributed by atoms with E-state index in [0.717, 1.165) is 37.7 Å². The standard InChI is InChI=1S/C22H27N5O4/c28-22(24-16-17-5-6-21(23-15-17)26-11-13-31-14-12-26)18-7-9-25(10-8-18)19-3-1-2-4-20(19)27(29)30/h1-6,15,18H,7-14,16H2,(H,24,28). The van der Waals surface area contributed by atoms with Crippen molar-refractivity contribution in [2.45, 2.75) is 19.4 Å². The van der Waals surface area contributed by atoms with Crippen LogP contribution in [0.2, 0.25) is 0 Å². The summed E-state index contributed by atoms with van der Waals surface area (Å²) in [6.07, 6.45) is 3.15. The number of anilines is 2. The van der Waals surface area contributed by atoms with Crippen molar-refractivity contribution in [2.24, 2.45) is 5.92 Å². The molecule has 0 unspecified atom stereocenters. The number of carbonyl (C=O) groups is 1. The summed E-state index contributed by atoms with van der Waals surface area (Å²) in [6.45, 7) is 4.81. The number of para-hydroxylation sites is 2. The Morgan fingerprint density at radius 1 is 1.10 bits per heavy atom. The molecule has 164 valence electrons. The summed E-state index contributed by atoms with van der Waals surface area (Å²) in [5.74, 6) is 0.875. The minimum atomic E-state index is -0.355. The SMILES string of the molecule is O=C(NCc1ccc(N2CCOCC2)nc1)C1CCN(c2ccccc2[N+](=O)[O-])CC1. The molecule has 9 nitrogen and oxygen atoms in total. The fourth-order valence-electron chi connectivity index (χ4n) is 4.10. The highest BCUT2D eigenvalue weighted by Gasteiger charge is 2.28. The molecule has 1 aromatic heterocycles. The number of pyridine rings is 1. The molecule has 0 saturated carbocycles. The number of nitro groups is 1. The first-order chi connectivity index (χ1) is 15.1. The summed E-state index contributed by atoms with van der Waals surface area (Å²) in [6, 6.07) is 10.7. The van der Waals surface area contributed by atoms with Gasteiger partial charge in [0, 0.05) is 50.9 Å². The lowest BCUT2D eigenvalue weighted by molar-refractivity contribution is -0.384. The number of morpholine rings is 1. The molecular weight excluding hydrogens is 398 g/mol. The second kappa shape index (κ2) is 9.74. The molecule has 0 aliphatic carbocycles. The van der Waals surface area contributed by atoms with Crippen molar-refractivity contribution in [3.05, 3.63) is 58.3 Å². The average molecular weight is 425 g/mol. The van der Waals surface area contributed by atoms with E-state index in [2.05, 4.69) is 15.2 Å². The molecule has 2 aliphatic rings. The topological polar surface area (TPSA) is 101 Å². The van der Waals surface area contributed by atoms with E-state index in [9.17, 15) is 14.9 Å². The normalized spacial score (nSPS) is 17.4. The monoisotopic (exact) mass is 425 g/mol. The quantitative estimate of drug-likeness (QED) is 0.560. The number of nitrogens with one attached hydrogen (secondary N) is 1. The van der Waals surface area contributed by atoms with Gasteiger partial charge in [0.25, 0.3) is 5.69 Å². The fourth-order valence-corrected chi connectivity index (χ4v) is 4.10. The van der Waals surface area contributed by atoms with Crippen LogP contribution in [0.1, 0.15) is 18.4 Å². The summed E-state index contributed by atoms with van der Waals surface area (Å²) >= 11 is 0. The maximum absolute atomic E-state index is 12.6. The molecule has 0 radical (unpaired) electrons. The Morgan fingerprint density at radius 2 is 1.84 bits per heavy atom. The lowest BCUT2D eigenvalue weighted by atomic mass is 9.95. The van der Waals surface area contributed by atoms with Crippen LogP contribution in [0.5, 0.6) is 0 Å². The lowest BCUT2D eigenvalue weighted by Crippen LogP contribution is -2.40. The number of aromatic nitrogens is 1. The number of rotatable bonds is 6. The van der Waals surface area contributed by atoms with Crippen LogP contribution in [0, 0.1) is 16.0 Å². The van der Waals surface area contributed by atoms with Crippen molar-refractivity contribution < 1.29 is 14.5 Å². The molecule has 0 bridgehead atoms. The van der Waals surface area contributed by atoms with Gasteiger partial charge >= 0.3 is 0 Å². The molecule has 4 rings (SSSR count). The number of benzene rings is 1. The molecule has 1 N–H and O–H groups in total. The van der Waals surface area contributed by atoms with Gasteiger partial charge in [0.05, 0.1) is 18.1 Å². The van der Waals surface area contributed by atoms with Crippen molar-refractivity contribution >= 4 is 23.1 Å². The molecule has 0 spiro atoms. The van der Waals surface area contributed by atoms with Gasteiger partial charge in [-0.3, -0.25) is 14.9 Å². The number of nitro benzene ring substituents is 1. The van der Waals surface area contributed by atoms with E-state index in [1.807, 2.05) is 23.2 Å². The van der Waals surface area contributed by atoms with Crippen molar-refractivity contribution in [3.63, 3.8) is 0 Å². The predicted octanol–water partition coefficient (Wildman–Crippen LogP) is 2.36. The van der Waals surface area contributed by atoms with Crippen LogP contribution in [-0.4, -0.2) is 55.2 Å². The third-order valence-electron chi connectivity index (χ3n) is 5.90. The molecule has 3 heterocycles. The maximum Gasteiger partial charge on any atom is 0.292 e. The van der Waals surface area contributed by atoms with Crippen molar-refractivity contribution in [1.29, 1.82) is 0 Å². The highest BCUT2D eigenvalue weighted by molar-refractivity contribution is 5.79. The zero-order valence-corrected chi connectivity index (χ0v) is 17.4. The van der Waals surface area contributed by atoms with Crippen LogP contribution in [-0.2, 0) is 16.1 Å². The Balaban J connectivity index is 1.26. The Bertz CT molecular complexity index is 906. The molecule has 9 heteroatoms. The first-order valence-electron chi connectivity index (χ1n) is 10.7. The largest absolute Gasteiger partial charge is 0.378 e. The second-order valence-corrected chi connectivity index (χ2v) is 7.85. The van der Waals surface area contributed by atoms with E-state index < -0.39 is 0 Å². The van der Waals surface area contributed by atoms with Crippen LogP contribution < -0.4 is 15.1 Å². The van der Waals surface area contributed by atoms with E-state index >= 15 is 0 Å². The molecule has 0 atom stereocenters. The van der Waals surface area contributed by atoms with Gasteiger partial charge in [0.2, 0.25) is 5.91 Å². The summed E-state index contributed by atoms with van der Waals surface area (Å²) in [5, 5.41) is 14.3. The molecule has 2 saturated heterocycles. The maximum atomic E-state index is 12.6. The Kier molecular flexibility index (Phi) is 6.61. The zero-order chi connectivity index (χ0) is 21.6. The first-order valence-corrected chi connectivity index (χ1v) is 10.7. The highest BCUT2D eigenvalue weighted by Crippen LogP contribution is 2.31. The van der Waals surface area contributed by atoms with Crippen LogP contribution >= 0.6 is 0 Å². The van der Waals surface area contributed by atoms with Crippen LogP contribution in [0.4, 0.5) is 17.2 Å². The Morgan fingerprint density at radius 3 is 2.52 bits per heavy atom. The van der Waals surface area contributed by atoms with E-state index in [-0.39, 0.29) is 22.4 Å². The van der Waals surface area contributed by atoms with Gasteiger partial charge in [-0.05, 0) is 30.5 Å². The molecule has 1 aromatic carbocycles. The van der Waals surface area contributed by atoms with Gasteiger partial charge in [-0.2, -0.15) is 0 Å². The molecule has 1 amide bonds. The van der Waals surface area contributed by atoms with Crippen LogP contribution in [0.25, 0.3) is 0 Å². The van der Waals surface area contributed by atoms with Gasteiger partial charge in [-0.15, -0.1) is 0 Å². The minimum Gasteiger partial charge on any atom is -0.378 e. The number of piperidine rings is 1. The summed E-state index contributed by atoms with van der Waals surface area (Å²) < 4.78 is 5.37. The van der Waals surface area contributed by atoms with Crippen LogP contribution in [0.15, 0.2) is 42.6 Å². The van der Waals surface area contributed by atoms with Gasteiger partial charge in [0.1, 0.15) is 11.5 Å². The molecular formula is C22H27N5O4. The first kappa shape index (κ1) is 21.0. The second-order valence-electron chi connectivity index (χ2n) is 7.85. The Labute approximate surface area is 181 Å². The van der Waals surface area contributed by atoms with Crippen molar-refractivity contribution in [2.75, 3.05) is 49.2 Å². The number of hydrogen-bond acceptors (Lipinski definition) is 7. The van der Waals surface area contributed by atoms with Crippen molar-refractivity contribution in [1.82, 2.24) is 10.3 Å². The van der Waals surface area contributed by atoms with Gasteiger partial charge in [-0.25, -0.2) is 4.98 Å². The average Bonchev–Trinajstić information content (AvgIpc) is 2.83. The van der Waals surface area contributed by atoms with Gasteiger partial charge in [-0.1, -0.05) is 18.2 Å². The van der Waals surface area contributed by atoms with E-state index in [4.69, 9.17) is 4.74 Å². The number of nitrogens with zero attached hydrogens (tertiary/aromatic N) is 4. The third kappa shape index (κ3) is 5.11. The number of amides is 1. The van der Waals surface area contributed by atoms with Gasteiger partial charge in [0.15, 0.2) is 0 Å². The number of carbonyl (C=O) groups excluding carboxylic acids is 1. The van der Waals surface area contributed by atoms with Crippen molar-refractivity contribution in [3.8, 4) is 0 Å². The highest BCUT2D eigenvalue weighted by atomic mass is 16.6. The smallest absolute Gasteiger partial charge is 0.292 e. The minimum absolute atomic E-state index is 0.0273. The van der Waals surface area contributed by atoms with Crippen LogP contribution in [0.3, 0.4) is 0 Å². The Hall–Kier alpha value is -3.20. The van der Waals surface area contributed by atoms with E-state index in [1.54, 1.807) is 18.2 Å². The van der Waals surface area contributed by atoms with E-state index in [1.165, 1.54) is 6.07 Å². The molecule has 2 aromatic rings. The van der Waals surface area contributed by atoms with E-state index in [0.29, 0.717) is 38.2 Å².